The zero-order valence-electron chi connectivity index (χ0n) is 9.93. The predicted octanol–water partition coefficient (Wildman–Crippen LogP) is 3.56. The molecule has 0 aromatic heterocycles. The van der Waals surface area contributed by atoms with Crippen molar-refractivity contribution >= 4 is 15.9 Å². The summed E-state index contributed by atoms with van der Waals surface area (Å²) in [5, 5.41) is 0. The highest BCUT2D eigenvalue weighted by atomic mass is 79.9. The van der Waals surface area contributed by atoms with E-state index in [9.17, 15) is 17.6 Å². The molecule has 2 aromatic carbocycles. The van der Waals surface area contributed by atoms with Gasteiger partial charge in [0.2, 0.25) is 0 Å². The van der Waals surface area contributed by atoms with Crippen molar-refractivity contribution in [2.24, 2.45) is 5.84 Å². The molecule has 0 amide bonds. The molecule has 0 bridgehead atoms. The number of nitrogens with one attached hydrogen (secondary N) is 1. The molecular formula is C13H9BrF4N2. The molecule has 0 radical (unpaired) electrons. The Morgan fingerprint density at radius 1 is 0.900 bits per heavy atom. The van der Waals surface area contributed by atoms with Crippen LogP contribution >= 0.6 is 15.9 Å². The standard InChI is InChI=1S/C13H9BrF4N2/c14-10-6(2-1-3-8(10)15)13(20-19)7-4-5-9(16)12(18)11(7)17/h1-5,13,20H,19H2. The number of rotatable bonds is 3. The van der Waals surface area contributed by atoms with Crippen LogP contribution in [0.3, 0.4) is 0 Å². The molecule has 0 saturated heterocycles. The molecule has 1 atom stereocenters. The molecule has 20 heavy (non-hydrogen) atoms. The minimum atomic E-state index is -1.60. The van der Waals surface area contributed by atoms with E-state index in [-0.39, 0.29) is 15.6 Å². The zero-order chi connectivity index (χ0) is 14.9. The van der Waals surface area contributed by atoms with Crippen molar-refractivity contribution in [3.63, 3.8) is 0 Å². The van der Waals surface area contributed by atoms with E-state index in [0.29, 0.717) is 0 Å². The first-order valence-corrected chi connectivity index (χ1v) is 6.30. The van der Waals surface area contributed by atoms with Gasteiger partial charge in [0.25, 0.3) is 0 Å². The normalized spacial score (nSPS) is 12.5. The average molecular weight is 349 g/mol. The highest BCUT2D eigenvalue weighted by Crippen LogP contribution is 2.32. The van der Waals surface area contributed by atoms with E-state index in [2.05, 4.69) is 21.4 Å². The molecule has 2 rings (SSSR count). The third kappa shape index (κ3) is 2.56. The minimum Gasteiger partial charge on any atom is -0.271 e. The summed E-state index contributed by atoms with van der Waals surface area (Å²) in [6.07, 6.45) is 0. The van der Waals surface area contributed by atoms with E-state index in [4.69, 9.17) is 5.84 Å². The van der Waals surface area contributed by atoms with Gasteiger partial charge in [-0.05, 0) is 33.6 Å². The first kappa shape index (κ1) is 15.0. The summed E-state index contributed by atoms with van der Waals surface area (Å²) in [6.45, 7) is 0. The predicted molar refractivity (Wildman–Crippen MR) is 69.6 cm³/mol. The molecule has 0 aliphatic carbocycles. The Morgan fingerprint density at radius 3 is 2.25 bits per heavy atom. The van der Waals surface area contributed by atoms with Crippen LogP contribution in [0, 0.1) is 23.3 Å². The van der Waals surface area contributed by atoms with Gasteiger partial charge >= 0.3 is 0 Å². The van der Waals surface area contributed by atoms with E-state index < -0.39 is 29.3 Å². The largest absolute Gasteiger partial charge is 0.271 e. The number of hydrogen-bond donors (Lipinski definition) is 2. The van der Waals surface area contributed by atoms with Crippen LogP contribution in [0.25, 0.3) is 0 Å². The van der Waals surface area contributed by atoms with Crippen LogP contribution in [-0.4, -0.2) is 0 Å². The highest BCUT2D eigenvalue weighted by Gasteiger charge is 2.23. The summed E-state index contributed by atoms with van der Waals surface area (Å²) in [5.41, 5.74) is 2.30. The summed E-state index contributed by atoms with van der Waals surface area (Å²) in [7, 11) is 0. The van der Waals surface area contributed by atoms with Crippen LogP contribution in [0.1, 0.15) is 17.2 Å². The Morgan fingerprint density at radius 2 is 1.60 bits per heavy atom. The Kier molecular flexibility index (Phi) is 4.42. The molecule has 0 saturated carbocycles. The quantitative estimate of drug-likeness (QED) is 0.385. The van der Waals surface area contributed by atoms with Crippen LogP contribution in [0.15, 0.2) is 34.8 Å². The second-order valence-electron chi connectivity index (χ2n) is 4.01. The van der Waals surface area contributed by atoms with E-state index in [1.807, 2.05) is 0 Å². The molecule has 2 nitrogen and oxygen atoms in total. The Bertz CT molecular complexity index is 649. The fourth-order valence-electron chi connectivity index (χ4n) is 1.85. The van der Waals surface area contributed by atoms with Gasteiger partial charge in [-0.1, -0.05) is 18.2 Å². The average Bonchev–Trinajstić information content (AvgIpc) is 2.44. The Hall–Kier alpha value is -1.44. The molecule has 1 unspecified atom stereocenters. The SMILES string of the molecule is NNC(c1ccc(F)c(F)c1F)c1cccc(F)c1Br. The van der Waals surface area contributed by atoms with E-state index in [0.717, 1.165) is 12.1 Å². The van der Waals surface area contributed by atoms with Crippen LogP contribution in [0.4, 0.5) is 17.6 Å². The van der Waals surface area contributed by atoms with Gasteiger partial charge in [0, 0.05) is 5.56 Å². The fraction of sp³-hybridized carbons (Fsp3) is 0.0769. The van der Waals surface area contributed by atoms with Crippen molar-refractivity contribution in [1.29, 1.82) is 0 Å². The first-order chi connectivity index (χ1) is 9.47. The van der Waals surface area contributed by atoms with Gasteiger partial charge in [0.15, 0.2) is 17.5 Å². The second-order valence-corrected chi connectivity index (χ2v) is 4.80. The maximum Gasteiger partial charge on any atom is 0.194 e. The number of halogens is 5. The first-order valence-electron chi connectivity index (χ1n) is 5.50. The molecule has 0 aliphatic heterocycles. The Balaban J connectivity index is 2.59. The molecule has 7 heteroatoms. The number of hydrogen-bond acceptors (Lipinski definition) is 2. The molecule has 0 fully saturated rings. The van der Waals surface area contributed by atoms with Crippen molar-refractivity contribution in [3.05, 3.63) is 69.2 Å². The lowest BCUT2D eigenvalue weighted by Crippen LogP contribution is -2.30. The maximum absolute atomic E-state index is 13.8. The van der Waals surface area contributed by atoms with Crippen LogP contribution in [-0.2, 0) is 0 Å². The van der Waals surface area contributed by atoms with Gasteiger partial charge < -0.3 is 0 Å². The third-order valence-electron chi connectivity index (χ3n) is 2.84. The van der Waals surface area contributed by atoms with Crippen LogP contribution in [0.5, 0.6) is 0 Å². The van der Waals surface area contributed by atoms with E-state index in [1.165, 1.54) is 18.2 Å². The topological polar surface area (TPSA) is 38.0 Å². The van der Waals surface area contributed by atoms with Crippen molar-refractivity contribution in [2.75, 3.05) is 0 Å². The van der Waals surface area contributed by atoms with Gasteiger partial charge in [-0.15, -0.1) is 0 Å². The molecular weight excluding hydrogens is 340 g/mol. The van der Waals surface area contributed by atoms with Crippen molar-refractivity contribution < 1.29 is 17.6 Å². The van der Waals surface area contributed by atoms with Crippen molar-refractivity contribution in [2.45, 2.75) is 6.04 Å². The molecule has 3 N–H and O–H groups in total. The monoisotopic (exact) mass is 348 g/mol. The summed E-state index contributed by atoms with van der Waals surface area (Å²) in [5.74, 6) is 0.481. The lowest BCUT2D eigenvalue weighted by atomic mass is 9.98. The maximum atomic E-state index is 13.8. The van der Waals surface area contributed by atoms with E-state index >= 15 is 0 Å². The lowest BCUT2D eigenvalue weighted by Gasteiger charge is -2.19. The lowest BCUT2D eigenvalue weighted by molar-refractivity contribution is 0.433. The summed E-state index contributed by atoms with van der Waals surface area (Å²) in [6, 6.07) is 4.88. The second kappa shape index (κ2) is 5.90. The third-order valence-corrected chi connectivity index (χ3v) is 3.67. The van der Waals surface area contributed by atoms with Gasteiger partial charge in [-0.2, -0.15) is 0 Å². The van der Waals surface area contributed by atoms with Crippen molar-refractivity contribution in [3.8, 4) is 0 Å². The number of benzene rings is 2. The smallest absolute Gasteiger partial charge is 0.194 e. The molecule has 0 heterocycles. The number of hydrazine groups is 1. The highest BCUT2D eigenvalue weighted by molar-refractivity contribution is 9.10. The van der Waals surface area contributed by atoms with Crippen LogP contribution < -0.4 is 11.3 Å². The zero-order valence-corrected chi connectivity index (χ0v) is 11.5. The van der Waals surface area contributed by atoms with Gasteiger partial charge in [0.05, 0.1) is 10.5 Å². The summed E-state index contributed by atoms with van der Waals surface area (Å²) < 4.78 is 53.6. The molecule has 2 aromatic rings. The minimum absolute atomic E-state index is 0.0621. The fourth-order valence-corrected chi connectivity index (χ4v) is 2.35. The summed E-state index contributed by atoms with van der Waals surface area (Å²) in [4.78, 5) is 0. The van der Waals surface area contributed by atoms with Crippen molar-refractivity contribution in [1.82, 2.24) is 5.43 Å². The van der Waals surface area contributed by atoms with E-state index in [1.54, 1.807) is 0 Å². The van der Waals surface area contributed by atoms with Crippen LogP contribution in [0.2, 0.25) is 0 Å². The van der Waals surface area contributed by atoms with Gasteiger partial charge in [-0.3, -0.25) is 5.84 Å². The molecule has 106 valence electrons. The van der Waals surface area contributed by atoms with Gasteiger partial charge in [0.1, 0.15) is 5.82 Å². The van der Waals surface area contributed by atoms with Gasteiger partial charge in [-0.25, -0.2) is 23.0 Å². The molecule has 0 aliphatic rings. The molecule has 0 spiro atoms. The Labute approximate surface area is 120 Å². The summed E-state index contributed by atoms with van der Waals surface area (Å²) >= 11 is 3.02. The number of nitrogens with two attached hydrogens (primary N) is 1.